The second-order valence-corrected chi connectivity index (χ2v) is 9.18. The Balaban J connectivity index is 1.65. The number of nitrogens with two attached hydrogens (primary N) is 1. The molecule has 1 fully saturated rings. The monoisotopic (exact) mass is 463 g/mol. The number of carbonyl (C=O) groups is 2. The van der Waals surface area contributed by atoms with Crippen molar-refractivity contribution in [1.29, 1.82) is 0 Å². The Kier molecular flexibility index (Phi) is 6.56. The van der Waals surface area contributed by atoms with Crippen LogP contribution in [0.4, 0.5) is 11.5 Å². The molecule has 3 N–H and O–H groups in total. The van der Waals surface area contributed by atoms with Crippen LogP contribution in [0.15, 0.2) is 30.5 Å². The first-order chi connectivity index (χ1) is 16.2. The molecule has 3 heterocycles. The van der Waals surface area contributed by atoms with Crippen LogP contribution in [-0.4, -0.2) is 57.5 Å². The highest BCUT2D eigenvalue weighted by molar-refractivity contribution is 6.03. The van der Waals surface area contributed by atoms with Gasteiger partial charge < -0.3 is 20.9 Å². The maximum Gasteiger partial charge on any atom is 0.256 e. The SMILES string of the molecule is CC[C@@H](c1cc2nc(N3CC[C@H](N)C3)c(C)cn2n1)N(C)C(=O)c1cc(C)ccc1NC(C)=O. The summed E-state index contributed by atoms with van der Waals surface area (Å²) >= 11 is 0. The molecule has 9 heteroatoms. The van der Waals surface area contributed by atoms with Crippen LogP contribution in [0.25, 0.3) is 5.65 Å². The van der Waals surface area contributed by atoms with Crippen LogP contribution in [0, 0.1) is 13.8 Å². The molecule has 34 heavy (non-hydrogen) atoms. The van der Waals surface area contributed by atoms with Crippen LogP contribution in [0.3, 0.4) is 0 Å². The molecule has 2 atom stereocenters. The molecule has 0 aliphatic carbocycles. The normalized spacial score (nSPS) is 16.6. The second kappa shape index (κ2) is 9.42. The van der Waals surface area contributed by atoms with Gasteiger partial charge in [0.2, 0.25) is 5.91 Å². The lowest BCUT2D eigenvalue weighted by molar-refractivity contribution is -0.114. The molecule has 4 rings (SSSR count). The van der Waals surface area contributed by atoms with Gasteiger partial charge in [-0.25, -0.2) is 9.50 Å². The molecule has 1 aliphatic rings. The molecule has 2 aromatic heterocycles. The summed E-state index contributed by atoms with van der Waals surface area (Å²) in [6.07, 6.45) is 3.62. The second-order valence-electron chi connectivity index (χ2n) is 9.18. The third-order valence-electron chi connectivity index (χ3n) is 6.38. The molecule has 1 saturated heterocycles. The van der Waals surface area contributed by atoms with Gasteiger partial charge in [0.25, 0.3) is 5.91 Å². The summed E-state index contributed by atoms with van der Waals surface area (Å²) in [5.41, 5.74) is 10.6. The van der Waals surface area contributed by atoms with Crippen LogP contribution in [-0.2, 0) is 4.79 Å². The number of nitrogens with one attached hydrogen (secondary N) is 1. The molecule has 0 radical (unpaired) electrons. The Labute approximate surface area is 199 Å². The Hall–Kier alpha value is -3.46. The lowest BCUT2D eigenvalue weighted by Crippen LogP contribution is -2.32. The number of benzene rings is 1. The summed E-state index contributed by atoms with van der Waals surface area (Å²) in [6.45, 7) is 9.11. The summed E-state index contributed by atoms with van der Waals surface area (Å²) in [5.74, 6) is 0.542. The van der Waals surface area contributed by atoms with Crippen LogP contribution < -0.4 is 16.0 Å². The summed E-state index contributed by atoms with van der Waals surface area (Å²) in [7, 11) is 1.77. The fourth-order valence-electron chi connectivity index (χ4n) is 4.63. The standard InChI is InChI=1S/C25H33N7O2/c1-6-22(30(5)25(34)19-11-15(2)7-8-20(19)27-17(4)33)21-12-23-28-24(16(3)13-32(23)29-21)31-10-9-18(26)14-31/h7-8,11-13,18,22H,6,9-10,14,26H2,1-5H3,(H,27,33)/t18-,22-/m0/s1. The van der Waals surface area contributed by atoms with Crippen molar-refractivity contribution in [3.8, 4) is 0 Å². The third-order valence-corrected chi connectivity index (χ3v) is 6.38. The molecule has 180 valence electrons. The molecule has 1 aromatic carbocycles. The number of hydrogen-bond acceptors (Lipinski definition) is 6. The number of aryl methyl sites for hydroxylation is 2. The van der Waals surface area contributed by atoms with Crippen molar-refractivity contribution in [3.05, 3.63) is 52.8 Å². The highest BCUT2D eigenvalue weighted by atomic mass is 16.2. The van der Waals surface area contributed by atoms with Crippen molar-refractivity contribution in [1.82, 2.24) is 19.5 Å². The number of fused-ring (bicyclic) bond motifs is 1. The molecule has 0 unspecified atom stereocenters. The van der Waals surface area contributed by atoms with Gasteiger partial charge in [-0.2, -0.15) is 5.10 Å². The number of carbonyl (C=O) groups excluding carboxylic acids is 2. The number of nitrogens with zero attached hydrogens (tertiary/aromatic N) is 5. The number of aromatic nitrogens is 3. The fraction of sp³-hybridized carbons (Fsp3) is 0.440. The van der Waals surface area contributed by atoms with E-state index in [0.29, 0.717) is 17.7 Å². The highest BCUT2D eigenvalue weighted by Crippen LogP contribution is 2.29. The lowest BCUT2D eigenvalue weighted by Gasteiger charge is -2.27. The van der Waals surface area contributed by atoms with Crippen molar-refractivity contribution in [3.63, 3.8) is 0 Å². The molecule has 9 nitrogen and oxygen atoms in total. The van der Waals surface area contributed by atoms with Gasteiger partial charge in [-0.1, -0.05) is 18.6 Å². The van der Waals surface area contributed by atoms with Gasteiger partial charge in [-0.05, 0) is 38.8 Å². The minimum absolute atomic E-state index is 0.172. The Bertz CT molecular complexity index is 1240. The summed E-state index contributed by atoms with van der Waals surface area (Å²) in [6, 6.07) is 7.32. The van der Waals surface area contributed by atoms with Crippen molar-refractivity contribution in [2.75, 3.05) is 30.4 Å². The van der Waals surface area contributed by atoms with Gasteiger partial charge in [0.05, 0.1) is 23.0 Å². The Morgan fingerprint density at radius 2 is 2.06 bits per heavy atom. The van der Waals surface area contributed by atoms with Gasteiger partial charge in [-0.15, -0.1) is 0 Å². The van der Waals surface area contributed by atoms with E-state index in [4.69, 9.17) is 15.8 Å². The Morgan fingerprint density at radius 1 is 1.29 bits per heavy atom. The zero-order valence-electron chi connectivity index (χ0n) is 20.5. The van der Waals surface area contributed by atoms with Gasteiger partial charge in [0, 0.05) is 50.9 Å². The first-order valence-corrected chi connectivity index (χ1v) is 11.7. The minimum atomic E-state index is -0.246. The van der Waals surface area contributed by atoms with Crippen LogP contribution in [0.2, 0.25) is 0 Å². The smallest absolute Gasteiger partial charge is 0.256 e. The third kappa shape index (κ3) is 4.61. The number of rotatable bonds is 6. The molecule has 0 saturated carbocycles. The van der Waals surface area contributed by atoms with Crippen molar-refractivity contribution in [2.45, 2.75) is 52.6 Å². The van der Waals surface area contributed by atoms with E-state index >= 15 is 0 Å². The zero-order chi connectivity index (χ0) is 24.6. The van der Waals surface area contributed by atoms with E-state index in [2.05, 4.69) is 10.2 Å². The van der Waals surface area contributed by atoms with Crippen LogP contribution in [0.1, 0.15) is 59.9 Å². The predicted molar refractivity (Wildman–Crippen MR) is 133 cm³/mol. The maximum atomic E-state index is 13.5. The quantitative estimate of drug-likeness (QED) is 0.582. The van der Waals surface area contributed by atoms with E-state index in [1.807, 2.05) is 39.1 Å². The summed E-state index contributed by atoms with van der Waals surface area (Å²) in [5, 5.41) is 7.53. The first kappa shape index (κ1) is 23.7. The molecule has 0 bridgehead atoms. The number of amides is 2. The highest BCUT2D eigenvalue weighted by Gasteiger charge is 2.27. The van der Waals surface area contributed by atoms with E-state index in [1.54, 1.807) is 28.6 Å². The van der Waals surface area contributed by atoms with Crippen molar-refractivity contribution >= 4 is 29.0 Å². The molecule has 2 amide bonds. The predicted octanol–water partition coefficient (Wildman–Crippen LogP) is 3.07. The first-order valence-electron chi connectivity index (χ1n) is 11.7. The largest absolute Gasteiger partial charge is 0.355 e. The molecular weight excluding hydrogens is 430 g/mol. The average Bonchev–Trinajstić information content (AvgIpc) is 3.39. The zero-order valence-corrected chi connectivity index (χ0v) is 20.5. The number of hydrogen-bond donors (Lipinski definition) is 2. The van der Waals surface area contributed by atoms with E-state index in [-0.39, 0.29) is 23.9 Å². The number of anilines is 2. The summed E-state index contributed by atoms with van der Waals surface area (Å²) < 4.78 is 1.78. The van der Waals surface area contributed by atoms with Crippen molar-refractivity contribution < 1.29 is 9.59 Å². The van der Waals surface area contributed by atoms with Gasteiger partial charge in [0.15, 0.2) is 5.65 Å². The molecule has 3 aromatic rings. The van der Waals surface area contributed by atoms with Gasteiger partial charge in [0.1, 0.15) is 5.82 Å². The van der Waals surface area contributed by atoms with Crippen molar-refractivity contribution in [2.24, 2.45) is 5.73 Å². The molecule has 1 aliphatic heterocycles. The van der Waals surface area contributed by atoms with Gasteiger partial charge >= 0.3 is 0 Å². The van der Waals surface area contributed by atoms with Gasteiger partial charge in [-0.3, -0.25) is 9.59 Å². The van der Waals surface area contributed by atoms with E-state index < -0.39 is 0 Å². The van der Waals surface area contributed by atoms with E-state index in [1.165, 1.54) is 6.92 Å². The summed E-state index contributed by atoms with van der Waals surface area (Å²) in [4.78, 5) is 33.9. The molecular formula is C25H33N7O2. The fourth-order valence-corrected chi connectivity index (χ4v) is 4.63. The Morgan fingerprint density at radius 3 is 2.71 bits per heavy atom. The van der Waals surface area contributed by atoms with E-state index in [9.17, 15) is 9.59 Å². The van der Waals surface area contributed by atoms with E-state index in [0.717, 1.165) is 47.8 Å². The van der Waals surface area contributed by atoms with Crippen LogP contribution in [0.5, 0.6) is 0 Å². The minimum Gasteiger partial charge on any atom is -0.355 e. The molecule has 0 spiro atoms. The maximum absolute atomic E-state index is 13.5. The topological polar surface area (TPSA) is 109 Å². The lowest BCUT2D eigenvalue weighted by atomic mass is 10.0. The van der Waals surface area contributed by atoms with Crippen LogP contribution >= 0.6 is 0 Å². The average molecular weight is 464 g/mol.